The highest BCUT2D eigenvalue weighted by atomic mass is 32.2. The number of rotatable bonds is 16. The molecule has 2 aliphatic heterocycles. The van der Waals surface area contributed by atoms with Crippen LogP contribution in [0.1, 0.15) is 48.4 Å². The van der Waals surface area contributed by atoms with Gasteiger partial charge >= 0.3 is 11.9 Å². The molecule has 0 radical (unpaired) electrons. The highest BCUT2D eigenvalue weighted by Gasteiger charge is 2.37. The number of ether oxygens (including phenoxy) is 2. The van der Waals surface area contributed by atoms with Crippen LogP contribution in [-0.4, -0.2) is 71.4 Å². The molecule has 0 aromatic heterocycles. The van der Waals surface area contributed by atoms with Crippen LogP contribution in [-0.2, 0) is 41.5 Å². The number of carbonyl (C=O) groups excluding carboxylic acids is 4. The highest BCUT2D eigenvalue weighted by Crippen LogP contribution is 2.38. The van der Waals surface area contributed by atoms with Gasteiger partial charge in [0.15, 0.2) is 0 Å². The fourth-order valence-corrected chi connectivity index (χ4v) is 8.03. The van der Waals surface area contributed by atoms with Crippen molar-refractivity contribution in [3.8, 4) is 12.1 Å². The van der Waals surface area contributed by atoms with E-state index in [-0.39, 0.29) is 35.9 Å². The zero-order valence-electron chi connectivity index (χ0n) is 29.9. The highest BCUT2D eigenvalue weighted by molar-refractivity contribution is 8.03. The molecule has 0 spiro atoms. The van der Waals surface area contributed by atoms with Crippen LogP contribution in [0.25, 0.3) is 0 Å². The van der Waals surface area contributed by atoms with Gasteiger partial charge in [-0.15, -0.1) is 0 Å². The van der Waals surface area contributed by atoms with Crippen molar-refractivity contribution in [3.63, 3.8) is 0 Å². The van der Waals surface area contributed by atoms with E-state index in [1.807, 2.05) is 107 Å². The predicted octanol–water partition coefficient (Wildman–Crippen LogP) is 5.10. The summed E-state index contributed by atoms with van der Waals surface area (Å²) in [4.78, 5) is 55.4. The number of hydrogen-bond acceptors (Lipinski definition) is 12. The Morgan fingerprint density at radius 2 is 1.02 bits per heavy atom. The zero-order valence-corrected chi connectivity index (χ0v) is 31.6. The molecule has 14 heteroatoms. The number of nitriles is 2. The van der Waals surface area contributed by atoms with Gasteiger partial charge in [-0.3, -0.25) is 19.2 Å². The molecule has 2 unspecified atom stereocenters. The Labute approximate surface area is 323 Å². The first kappa shape index (κ1) is 39.5. The molecule has 278 valence electrons. The van der Waals surface area contributed by atoms with Crippen molar-refractivity contribution >= 4 is 47.3 Å². The van der Waals surface area contributed by atoms with E-state index in [2.05, 4.69) is 10.6 Å². The van der Waals surface area contributed by atoms with E-state index in [9.17, 15) is 29.7 Å². The van der Waals surface area contributed by atoms with Crippen molar-refractivity contribution in [1.29, 1.82) is 10.5 Å². The number of nitrogens with zero attached hydrogens (tertiary/aromatic N) is 4. The number of hydrogen-bond donors (Lipinski definition) is 2. The first-order chi connectivity index (χ1) is 26.3. The summed E-state index contributed by atoms with van der Waals surface area (Å²) >= 11 is 2.18. The summed E-state index contributed by atoms with van der Waals surface area (Å²) in [5.41, 5.74) is 3.35. The van der Waals surface area contributed by atoms with Crippen LogP contribution in [0, 0.1) is 22.7 Å². The molecular formula is C40H40N6O6S2. The summed E-state index contributed by atoms with van der Waals surface area (Å²) in [6, 6.07) is 31.1. The predicted molar refractivity (Wildman–Crippen MR) is 205 cm³/mol. The van der Waals surface area contributed by atoms with Gasteiger partial charge in [-0.05, 0) is 48.9 Å². The van der Waals surface area contributed by atoms with Gasteiger partial charge in [-0.2, -0.15) is 10.5 Å². The van der Waals surface area contributed by atoms with Gasteiger partial charge in [0.25, 0.3) is 11.8 Å². The van der Waals surface area contributed by atoms with Gasteiger partial charge < -0.3 is 29.9 Å². The Balaban J connectivity index is 1.48. The number of nitrogens with one attached hydrogen (secondary N) is 2. The second kappa shape index (κ2) is 19.4. The normalized spacial score (nSPS) is 17.0. The second-order valence-electron chi connectivity index (χ2n) is 12.0. The molecule has 2 atom stereocenters. The van der Waals surface area contributed by atoms with Crippen LogP contribution in [0.5, 0.6) is 0 Å². The van der Waals surface area contributed by atoms with E-state index in [1.54, 1.807) is 13.8 Å². The average molecular weight is 765 g/mol. The van der Waals surface area contributed by atoms with Crippen molar-refractivity contribution < 1.29 is 28.7 Å². The molecule has 54 heavy (non-hydrogen) atoms. The summed E-state index contributed by atoms with van der Waals surface area (Å²) in [7, 11) is 0. The Bertz CT molecular complexity index is 1830. The molecule has 2 N–H and O–H groups in total. The van der Waals surface area contributed by atoms with Gasteiger partial charge in [-0.1, -0.05) is 108 Å². The first-order valence-corrected chi connectivity index (χ1v) is 19.4. The quantitative estimate of drug-likeness (QED) is 0.186. The lowest BCUT2D eigenvalue weighted by molar-refractivity contribution is -0.140. The number of amides is 2. The molecule has 0 aliphatic carbocycles. The summed E-state index contributed by atoms with van der Waals surface area (Å²) in [6.45, 7) is 4.68. The Kier molecular flexibility index (Phi) is 14.2. The van der Waals surface area contributed by atoms with E-state index in [4.69, 9.17) is 9.47 Å². The largest absolute Gasteiger partial charge is 0.465 e. The van der Waals surface area contributed by atoms with Crippen LogP contribution in [0.2, 0.25) is 0 Å². The SMILES string of the molecule is CCOC(=O)CSC1=C(C#N)C(=O)NC(c2ccc(C3NC(=O)C(C#N)=C(SCC(=O)OCC)N3CCc3ccccc3)cc2)N1CCc1ccccc1. The minimum atomic E-state index is -0.687. The third kappa shape index (κ3) is 9.83. The van der Waals surface area contributed by atoms with Crippen LogP contribution < -0.4 is 10.6 Å². The van der Waals surface area contributed by atoms with Crippen molar-refractivity contribution in [2.45, 2.75) is 39.0 Å². The smallest absolute Gasteiger partial charge is 0.316 e. The van der Waals surface area contributed by atoms with Crippen molar-refractivity contribution in [2.24, 2.45) is 0 Å². The maximum Gasteiger partial charge on any atom is 0.316 e. The van der Waals surface area contributed by atoms with Crippen molar-refractivity contribution in [1.82, 2.24) is 20.4 Å². The van der Waals surface area contributed by atoms with Gasteiger partial charge in [0.05, 0.1) is 34.8 Å². The molecule has 2 amide bonds. The summed E-state index contributed by atoms with van der Waals surface area (Å²) in [5, 5.41) is 26.8. The van der Waals surface area contributed by atoms with Gasteiger partial charge in [-0.25, -0.2) is 0 Å². The molecule has 0 fully saturated rings. The van der Waals surface area contributed by atoms with E-state index in [0.29, 0.717) is 47.1 Å². The molecule has 5 rings (SSSR count). The molecule has 12 nitrogen and oxygen atoms in total. The lowest BCUT2D eigenvalue weighted by Crippen LogP contribution is -2.47. The molecule has 0 saturated carbocycles. The van der Waals surface area contributed by atoms with E-state index in [0.717, 1.165) is 34.7 Å². The molecular weight excluding hydrogens is 725 g/mol. The van der Waals surface area contributed by atoms with E-state index in [1.165, 1.54) is 0 Å². The summed E-state index contributed by atoms with van der Waals surface area (Å²) < 4.78 is 10.3. The second-order valence-corrected chi connectivity index (χ2v) is 14.0. The van der Waals surface area contributed by atoms with Gasteiger partial charge in [0.1, 0.15) is 35.6 Å². The fraction of sp³-hybridized carbons (Fsp3) is 0.300. The van der Waals surface area contributed by atoms with Gasteiger partial charge in [0.2, 0.25) is 0 Å². The third-order valence-corrected chi connectivity index (χ3v) is 10.8. The van der Waals surface area contributed by atoms with Crippen molar-refractivity contribution in [3.05, 3.63) is 128 Å². The Morgan fingerprint density at radius 3 is 1.35 bits per heavy atom. The number of thioether (sulfide) groups is 2. The first-order valence-electron chi connectivity index (χ1n) is 17.5. The lowest BCUT2D eigenvalue weighted by Gasteiger charge is -2.40. The topological polar surface area (TPSA) is 165 Å². The molecule has 3 aromatic rings. The molecule has 0 bridgehead atoms. The summed E-state index contributed by atoms with van der Waals surface area (Å²) in [6.07, 6.45) is -0.184. The van der Waals surface area contributed by atoms with E-state index < -0.39 is 36.1 Å². The molecule has 0 saturated heterocycles. The van der Waals surface area contributed by atoms with E-state index >= 15 is 0 Å². The standard InChI is InChI=1S/C40H40N6O6S2/c1-3-51-33(47)25-53-39-31(23-41)37(49)43-35(45(39)21-19-27-11-7-5-8-12-27)29-15-17-30(18-16-29)36-44-38(50)32(24-42)40(54-26-34(48)52-4-2)46(36)22-20-28-13-9-6-10-14-28/h5-18,35-36H,3-4,19-22,25-26H2,1-2H3,(H,43,49)(H,44,50). The minimum Gasteiger partial charge on any atom is -0.465 e. The number of carbonyl (C=O) groups is 4. The molecule has 2 heterocycles. The van der Waals surface area contributed by atoms with Crippen LogP contribution in [0.3, 0.4) is 0 Å². The third-order valence-electron chi connectivity index (χ3n) is 8.59. The fourth-order valence-electron chi connectivity index (χ4n) is 6.07. The monoisotopic (exact) mass is 764 g/mol. The average Bonchev–Trinajstić information content (AvgIpc) is 3.19. The maximum absolute atomic E-state index is 13.4. The Hall–Kier alpha value is -5.70. The molecule has 3 aromatic carbocycles. The van der Waals surface area contributed by atoms with Crippen LogP contribution in [0.15, 0.2) is 106 Å². The lowest BCUT2D eigenvalue weighted by atomic mass is 10.0. The number of esters is 2. The molecule has 2 aliphatic rings. The van der Waals surface area contributed by atoms with Crippen molar-refractivity contribution in [2.75, 3.05) is 37.8 Å². The summed E-state index contributed by atoms with van der Waals surface area (Å²) in [5.74, 6) is -2.19. The Morgan fingerprint density at radius 1 is 0.648 bits per heavy atom. The minimum absolute atomic E-state index is 0.0793. The van der Waals surface area contributed by atoms with Crippen LogP contribution >= 0.6 is 23.5 Å². The zero-order chi connectivity index (χ0) is 38.5. The maximum atomic E-state index is 13.4. The van der Waals surface area contributed by atoms with Gasteiger partial charge in [0, 0.05) is 13.1 Å². The van der Waals surface area contributed by atoms with Crippen LogP contribution in [0.4, 0.5) is 0 Å². The number of benzene rings is 3.